The van der Waals surface area contributed by atoms with Gasteiger partial charge in [0.05, 0.1) is 6.04 Å². The van der Waals surface area contributed by atoms with Crippen LogP contribution in [0.3, 0.4) is 0 Å². The zero-order chi connectivity index (χ0) is 12.4. The lowest BCUT2D eigenvalue weighted by Gasteiger charge is -2.33. The third-order valence-electron chi connectivity index (χ3n) is 3.60. The molecule has 1 fully saturated rings. The zero-order valence-corrected chi connectivity index (χ0v) is 11.2. The van der Waals surface area contributed by atoms with Gasteiger partial charge in [0.25, 0.3) is 0 Å². The van der Waals surface area contributed by atoms with Gasteiger partial charge in [-0.05, 0) is 24.5 Å². The van der Waals surface area contributed by atoms with E-state index in [2.05, 4.69) is 23.5 Å². The molecular weight excluding hydrogens is 244 g/mol. The molecule has 1 saturated heterocycles. The summed E-state index contributed by atoms with van der Waals surface area (Å²) in [6.45, 7) is 1.80. The first-order valence-corrected chi connectivity index (χ1v) is 7.72. The lowest BCUT2D eigenvalue weighted by atomic mass is 10.0. The Kier molecular flexibility index (Phi) is 3.57. The maximum Gasteiger partial charge on any atom is 0.244 e. The van der Waals surface area contributed by atoms with E-state index in [1.807, 2.05) is 22.7 Å². The highest BCUT2D eigenvalue weighted by atomic mass is 32.2. The number of nitrogens with one attached hydrogen (secondary N) is 1. The summed E-state index contributed by atoms with van der Waals surface area (Å²) in [6, 6.07) is 8.28. The normalized spacial score (nSPS) is 23.6. The van der Waals surface area contributed by atoms with Crippen LogP contribution in [0.2, 0.25) is 0 Å². The molecule has 1 amide bonds. The molecule has 1 aromatic rings. The summed E-state index contributed by atoms with van der Waals surface area (Å²) in [5.74, 6) is 2.26. The molecule has 3 rings (SSSR count). The number of rotatable bonds is 1. The first kappa shape index (κ1) is 12.1. The first-order valence-electron chi connectivity index (χ1n) is 6.56. The van der Waals surface area contributed by atoms with Crippen LogP contribution < -0.4 is 10.2 Å². The van der Waals surface area contributed by atoms with Gasteiger partial charge >= 0.3 is 0 Å². The number of aryl methyl sites for hydroxylation is 1. The van der Waals surface area contributed by atoms with Crippen molar-refractivity contribution < 1.29 is 4.79 Å². The van der Waals surface area contributed by atoms with Gasteiger partial charge < -0.3 is 10.2 Å². The number of hydrogen-bond donors (Lipinski definition) is 1. The molecule has 0 radical (unpaired) electrons. The predicted molar refractivity (Wildman–Crippen MR) is 76.2 cm³/mol. The Hall–Kier alpha value is -1.00. The molecule has 1 unspecified atom stereocenters. The minimum Gasteiger partial charge on any atom is -0.311 e. The van der Waals surface area contributed by atoms with Gasteiger partial charge in [0, 0.05) is 30.3 Å². The third kappa shape index (κ3) is 2.27. The summed E-state index contributed by atoms with van der Waals surface area (Å²) >= 11 is 1.87. The quantitative estimate of drug-likeness (QED) is 0.835. The van der Waals surface area contributed by atoms with Crippen molar-refractivity contribution in [2.45, 2.75) is 18.9 Å². The topological polar surface area (TPSA) is 32.3 Å². The number of benzene rings is 1. The molecule has 96 valence electrons. The van der Waals surface area contributed by atoms with E-state index in [1.165, 1.54) is 5.56 Å². The third-order valence-corrected chi connectivity index (χ3v) is 4.66. The Labute approximate surface area is 112 Å². The van der Waals surface area contributed by atoms with E-state index in [9.17, 15) is 4.79 Å². The van der Waals surface area contributed by atoms with E-state index in [-0.39, 0.29) is 11.9 Å². The molecule has 3 nitrogen and oxygen atoms in total. The van der Waals surface area contributed by atoms with E-state index in [0.717, 1.165) is 43.1 Å². The minimum absolute atomic E-state index is 0.00472. The van der Waals surface area contributed by atoms with Crippen molar-refractivity contribution in [3.8, 4) is 0 Å². The number of para-hydroxylation sites is 1. The SMILES string of the molecule is O=C(C1CSCCN1)N1CCCc2ccccc21. The van der Waals surface area contributed by atoms with E-state index in [1.54, 1.807) is 0 Å². The molecule has 2 aliphatic rings. The number of carbonyl (C=O) groups excluding carboxylic acids is 1. The van der Waals surface area contributed by atoms with Crippen LogP contribution in [-0.2, 0) is 11.2 Å². The Morgan fingerprint density at radius 2 is 2.28 bits per heavy atom. The van der Waals surface area contributed by atoms with Gasteiger partial charge in [-0.25, -0.2) is 0 Å². The van der Waals surface area contributed by atoms with Crippen molar-refractivity contribution in [3.63, 3.8) is 0 Å². The van der Waals surface area contributed by atoms with Gasteiger partial charge in [0.1, 0.15) is 0 Å². The van der Waals surface area contributed by atoms with Crippen LogP contribution in [-0.4, -0.2) is 36.5 Å². The van der Waals surface area contributed by atoms with Gasteiger partial charge in [-0.15, -0.1) is 0 Å². The standard InChI is InChI=1S/C14H18N2OS/c17-14(12-10-18-9-7-15-12)16-8-3-5-11-4-1-2-6-13(11)16/h1-2,4,6,12,15H,3,5,7-10H2. The summed E-state index contributed by atoms with van der Waals surface area (Å²) in [7, 11) is 0. The molecule has 0 spiro atoms. The van der Waals surface area contributed by atoms with Crippen molar-refractivity contribution >= 4 is 23.4 Å². The van der Waals surface area contributed by atoms with Crippen LogP contribution in [0.4, 0.5) is 5.69 Å². The van der Waals surface area contributed by atoms with Crippen LogP contribution >= 0.6 is 11.8 Å². The van der Waals surface area contributed by atoms with Gasteiger partial charge in [-0.2, -0.15) is 11.8 Å². The average molecular weight is 262 g/mol. The summed E-state index contributed by atoms with van der Waals surface area (Å²) in [5.41, 5.74) is 2.42. The van der Waals surface area contributed by atoms with Gasteiger partial charge in [-0.3, -0.25) is 4.79 Å². The highest BCUT2D eigenvalue weighted by Gasteiger charge is 2.29. The smallest absolute Gasteiger partial charge is 0.244 e. The van der Waals surface area contributed by atoms with Gasteiger partial charge in [-0.1, -0.05) is 18.2 Å². The molecular formula is C14H18N2OS. The predicted octanol–water partition coefficient (Wildman–Crippen LogP) is 1.67. The van der Waals surface area contributed by atoms with Crippen LogP contribution in [0, 0.1) is 0 Å². The fourth-order valence-electron chi connectivity index (χ4n) is 2.67. The molecule has 0 bridgehead atoms. The lowest BCUT2D eigenvalue weighted by molar-refractivity contribution is -0.120. The molecule has 0 saturated carbocycles. The second-order valence-corrected chi connectivity index (χ2v) is 5.95. The van der Waals surface area contributed by atoms with Gasteiger partial charge in [0.2, 0.25) is 5.91 Å². The molecule has 2 heterocycles. The summed E-state index contributed by atoms with van der Waals surface area (Å²) in [4.78, 5) is 14.5. The first-order chi connectivity index (χ1) is 8.86. The largest absolute Gasteiger partial charge is 0.311 e. The fraction of sp³-hybridized carbons (Fsp3) is 0.500. The zero-order valence-electron chi connectivity index (χ0n) is 10.4. The van der Waals surface area contributed by atoms with Crippen molar-refractivity contribution in [1.29, 1.82) is 0 Å². The number of fused-ring (bicyclic) bond motifs is 1. The van der Waals surface area contributed by atoms with Crippen LogP contribution in [0.5, 0.6) is 0 Å². The Morgan fingerprint density at radius 3 is 3.11 bits per heavy atom. The second kappa shape index (κ2) is 5.33. The second-order valence-electron chi connectivity index (χ2n) is 4.80. The van der Waals surface area contributed by atoms with E-state index < -0.39 is 0 Å². The van der Waals surface area contributed by atoms with Crippen molar-refractivity contribution in [1.82, 2.24) is 5.32 Å². The molecule has 18 heavy (non-hydrogen) atoms. The van der Waals surface area contributed by atoms with Crippen molar-refractivity contribution in [2.75, 3.05) is 29.5 Å². The number of amides is 1. The maximum absolute atomic E-state index is 12.6. The van der Waals surface area contributed by atoms with E-state index in [4.69, 9.17) is 0 Å². The number of nitrogens with zero attached hydrogens (tertiary/aromatic N) is 1. The molecule has 2 aliphatic heterocycles. The van der Waals surface area contributed by atoms with E-state index in [0.29, 0.717) is 0 Å². The Morgan fingerprint density at radius 1 is 1.39 bits per heavy atom. The maximum atomic E-state index is 12.6. The Balaban J connectivity index is 1.82. The number of carbonyl (C=O) groups is 1. The molecule has 0 aromatic heterocycles. The van der Waals surface area contributed by atoms with Crippen LogP contribution in [0.25, 0.3) is 0 Å². The lowest BCUT2D eigenvalue weighted by Crippen LogP contribution is -2.51. The molecule has 1 aromatic carbocycles. The highest BCUT2D eigenvalue weighted by molar-refractivity contribution is 7.99. The van der Waals surface area contributed by atoms with Gasteiger partial charge in [0.15, 0.2) is 0 Å². The number of anilines is 1. The van der Waals surface area contributed by atoms with E-state index >= 15 is 0 Å². The Bertz CT molecular complexity index is 443. The summed E-state index contributed by atoms with van der Waals surface area (Å²) < 4.78 is 0. The summed E-state index contributed by atoms with van der Waals surface area (Å²) in [6.07, 6.45) is 2.16. The molecule has 1 N–H and O–H groups in total. The van der Waals surface area contributed by atoms with Crippen molar-refractivity contribution in [3.05, 3.63) is 29.8 Å². The summed E-state index contributed by atoms with van der Waals surface area (Å²) in [5, 5.41) is 3.33. The number of thioether (sulfide) groups is 1. The molecule has 1 atom stereocenters. The average Bonchev–Trinajstić information content (AvgIpc) is 2.47. The van der Waals surface area contributed by atoms with Crippen molar-refractivity contribution in [2.24, 2.45) is 0 Å². The van der Waals surface area contributed by atoms with Crippen LogP contribution in [0.15, 0.2) is 24.3 Å². The van der Waals surface area contributed by atoms with Crippen LogP contribution in [0.1, 0.15) is 12.0 Å². The number of hydrogen-bond acceptors (Lipinski definition) is 3. The highest BCUT2D eigenvalue weighted by Crippen LogP contribution is 2.27. The molecule has 0 aliphatic carbocycles. The monoisotopic (exact) mass is 262 g/mol. The minimum atomic E-state index is -0.00472. The molecule has 4 heteroatoms. The fourth-order valence-corrected chi connectivity index (χ4v) is 3.60.